The van der Waals surface area contributed by atoms with Gasteiger partial charge in [-0.3, -0.25) is 9.48 Å². The van der Waals surface area contributed by atoms with Crippen LogP contribution >= 0.6 is 0 Å². The van der Waals surface area contributed by atoms with Gasteiger partial charge in [0.25, 0.3) is 0 Å². The minimum Gasteiger partial charge on any atom is -0.326 e. The van der Waals surface area contributed by atoms with Crippen molar-refractivity contribution in [1.82, 2.24) is 14.1 Å². The van der Waals surface area contributed by atoms with Crippen molar-refractivity contribution in [2.24, 2.45) is 0 Å². The predicted molar refractivity (Wildman–Crippen MR) is 97.0 cm³/mol. The van der Waals surface area contributed by atoms with Gasteiger partial charge in [0.2, 0.25) is 15.9 Å². The predicted octanol–water partition coefficient (Wildman–Crippen LogP) is 2.09. The fourth-order valence-corrected chi connectivity index (χ4v) is 3.87. The first-order valence-corrected chi connectivity index (χ1v) is 9.40. The highest BCUT2D eigenvalue weighted by molar-refractivity contribution is 7.89. The maximum atomic E-state index is 12.4. The zero-order valence-corrected chi connectivity index (χ0v) is 16.0. The van der Waals surface area contributed by atoms with Crippen molar-refractivity contribution in [3.8, 4) is 0 Å². The van der Waals surface area contributed by atoms with Gasteiger partial charge in [0.1, 0.15) is 4.90 Å². The summed E-state index contributed by atoms with van der Waals surface area (Å²) in [7, 11) is -0.586. The molecule has 2 rings (SSSR count). The number of aryl methyl sites for hydroxylation is 3. The van der Waals surface area contributed by atoms with E-state index in [1.165, 1.54) is 18.4 Å². The van der Waals surface area contributed by atoms with E-state index in [9.17, 15) is 13.2 Å². The number of amides is 1. The van der Waals surface area contributed by atoms with E-state index in [1.54, 1.807) is 18.5 Å². The molecule has 25 heavy (non-hydrogen) atoms. The van der Waals surface area contributed by atoms with E-state index in [2.05, 4.69) is 10.4 Å². The molecule has 0 spiro atoms. The van der Waals surface area contributed by atoms with Crippen LogP contribution in [0, 0.1) is 20.8 Å². The van der Waals surface area contributed by atoms with Crippen molar-refractivity contribution in [1.29, 1.82) is 0 Å². The zero-order chi connectivity index (χ0) is 18.8. The number of carbonyl (C=O) groups is 1. The fourth-order valence-electron chi connectivity index (χ4n) is 2.61. The summed E-state index contributed by atoms with van der Waals surface area (Å²) in [6, 6.07) is 7.56. The second-order valence-electron chi connectivity index (χ2n) is 6.18. The van der Waals surface area contributed by atoms with Gasteiger partial charge in [-0.2, -0.15) is 5.10 Å². The molecule has 7 nitrogen and oxygen atoms in total. The molecule has 2 aromatic rings. The molecule has 8 heteroatoms. The van der Waals surface area contributed by atoms with Crippen LogP contribution < -0.4 is 5.32 Å². The number of nitrogens with one attached hydrogen (secondary N) is 1. The van der Waals surface area contributed by atoms with Gasteiger partial charge in [-0.25, -0.2) is 12.7 Å². The average molecular weight is 364 g/mol. The molecular weight excluding hydrogens is 340 g/mol. The minimum atomic E-state index is -3.56. The molecule has 0 aliphatic heterocycles. The Morgan fingerprint density at radius 2 is 1.92 bits per heavy atom. The van der Waals surface area contributed by atoms with E-state index in [-0.39, 0.29) is 17.2 Å². The Balaban J connectivity index is 2.10. The number of hydrogen-bond donors (Lipinski definition) is 1. The van der Waals surface area contributed by atoms with Crippen molar-refractivity contribution in [3.63, 3.8) is 0 Å². The summed E-state index contributed by atoms with van der Waals surface area (Å²) in [5.74, 6) is -0.143. The molecule has 0 aliphatic carbocycles. The molecule has 1 N–H and O–H groups in total. The van der Waals surface area contributed by atoms with Crippen molar-refractivity contribution in [2.75, 3.05) is 19.4 Å². The Bertz CT molecular complexity index is 885. The summed E-state index contributed by atoms with van der Waals surface area (Å²) in [5.41, 5.74) is 2.78. The van der Waals surface area contributed by atoms with Gasteiger partial charge in [0.15, 0.2) is 0 Å². The number of anilines is 1. The summed E-state index contributed by atoms with van der Waals surface area (Å²) in [4.78, 5) is 12.3. The van der Waals surface area contributed by atoms with Crippen molar-refractivity contribution in [3.05, 3.63) is 41.2 Å². The number of sulfonamides is 1. The highest BCUT2D eigenvalue weighted by Gasteiger charge is 2.26. The van der Waals surface area contributed by atoms with E-state index < -0.39 is 10.0 Å². The topological polar surface area (TPSA) is 84.3 Å². The molecule has 1 aromatic carbocycles. The first-order valence-electron chi connectivity index (χ1n) is 7.96. The summed E-state index contributed by atoms with van der Waals surface area (Å²) in [6.45, 7) is 5.63. The SMILES string of the molecule is Cc1cccc(NC(=O)CCn2nc(C)c(S(=O)(=O)N(C)C)c2C)c1. The monoisotopic (exact) mass is 364 g/mol. The lowest BCUT2D eigenvalue weighted by atomic mass is 10.2. The van der Waals surface area contributed by atoms with Crippen LogP contribution in [0.4, 0.5) is 5.69 Å². The summed E-state index contributed by atoms with van der Waals surface area (Å²) >= 11 is 0. The van der Waals surface area contributed by atoms with Crippen LogP contribution in [0.3, 0.4) is 0 Å². The molecule has 0 unspecified atom stereocenters. The molecule has 0 saturated carbocycles. The molecule has 1 amide bonds. The van der Waals surface area contributed by atoms with Crippen LogP contribution in [0.2, 0.25) is 0 Å². The lowest BCUT2D eigenvalue weighted by Crippen LogP contribution is -2.23. The first kappa shape index (κ1) is 19.1. The van der Waals surface area contributed by atoms with Crippen LogP contribution in [0.15, 0.2) is 29.2 Å². The number of nitrogens with zero attached hydrogens (tertiary/aromatic N) is 3. The normalized spacial score (nSPS) is 11.8. The third-order valence-corrected chi connectivity index (χ3v) is 5.97. The summed E-state index contributed by atoms with van der Waals surface area (Å²) < 4.78 is 27.5. The average Bonchev–Trinajstić information content (AvgIpc) is 2.79. The number of aromatic nitrogens is 2. The largest absolute Gasteiger partial charge is 0.326 e. The van der Waals surface area contributed by atoms with Gasteiger partial charge in [0, 0.05) is 26.2 Å². The molecule has 1 aromatic heterocycles. The Hall–Kier alpha value is -2.19. The zero-order valence-electron chi connectivity index (χ0n) is 15.2. The lowest BCUT2D eigenvalue weighted by molar-refractivity contribution is -0.116. The molecule has 0 bridgehead atoms. The molecule has 0 radical (unpaired) electrons. The number of hydrogen-bond acceptors (Lipinski definition) is 4. The smallest absolute Gasteiger partial charge is 0.246 e. The lowest BCUT2D eigenvalue weighted by Gasteiger charge is -2.12. The second-order valence-corrected chi connectivity index (χ2v) is 8.27. The second kappa shape index (κ2) is 7.37. The van der Waals surface area contributed by atoms with Crippen molar-refractivity contribution in [2.45, 2.75) is 38.6 Å². The molecule has 1 heterocycles. The van der Waals surface area contributed by atoms with Crippen molar-refractivity contribution < 1.29 is 13.2 Å². The van der Waals surface area contributed by atoms with Crippen LogP contribution in [0.25, 0.3) is 0 Å². The molecular formula is C17H24N4O3S. The van der Waals surface area contributed by atoms with E-state index in [4.69, 9.17) is 0 Å². The maximum Gasteiger partial charge on any atom is 0.246 e. The minimum absolute atomic E-state index is 0.143. The highest BCUT2D eigenvalue weighted by Crippen LogP contribution is 2.22. The Morgan fingerprint density at radius 3 is 2.52 bits per heavy atom. The van der Waals surface area contributed by atoms with Crippen molar-refractivity contribution >= 4 is 21.6 Å². The first-order chi connectivity index (χ1) is 11.6. The van der Waals surface area contributed by atoms with Crippen LogP contribution in [0.1, 0.15) is 23.4 Å². The van der Waals surface area contributed by atoms with E-state index >= 15 is 0 Å². The van der Waals surface area contributed by atoms with Crippen LogP contribution in [-0.4, -0.2) is 42.5 Å². The van der Waals surface area contributed by atoms with Gasteiger partial charge in [-0.05, 0) is 38.5 Å². The molecule has 0 saturated heterocycles. The molecule has 0 atom stereocenters. The summed E-state index contributed by atoms with van der Waals surface area (Å²) in [6.07, 6.45) is 0.206. The van der Waals surface area contributed by atoms with E-state index in [1.807, 2.05) is 31.2 Å². The van der Waals surface area contributed by atoms with Gasteiger partial charge in [-0.1, -0.05) is 12.1 Å². The quantitative estimate of drug-likeness (QED) is 0.851. The molecule has 136 valence electrons. The highest BCUT2D eigenvalue weighted by atomic mass is 32.2. The fraction of sp³-hybridized carbons (Fsp3) is 0.412. The summed E-state index contributed by atoms with van der Waals surface area (Å²) in [5, 5.41) is 7.12. The molecule has 0 aliphatic rings. The Kier molecular flexibility index (Phi) is 5.64. The van der Waals surface area contributed by atoms with Crippen LogP contribution in [-0.2, 0) is 21.4 Å². The standard InChI is InChI=1S/C17H24N4O3S/c1-12-7-6-8-15(11-12)18-16(22)9-10-21-14(3)17(13(2)19-21)25(23,24)20(4)5/h6-8,11H,9-10H2,1-5H3,(H,18,22). The van der Waals surface area contributed by atoms with E-state index in [0.717, 1.165) is 11.3 Å². The number of carbonyl (C=O) groups excluding carboxylic acids is 1. The molecule has 0 fully saturated rings. The third-order valence-electron chi connectivity index (χ3n) is 3.91. The number of rotatable bonds is 6. The van der Waals surface area contributed by atoms with Gasteiger partial charge < -0.3 is 5.32 Å². The van der Waals surface area contributed by atoms with Crippen LogP contribution in [0.5, 0.6) is 0 Å². The van der Waals surface area contributed by atoms with Gasteiger partial charge >= 0.3 is 0 Å². The Morgan fingerprint density at radius 1 is 1.24 bits per heavy atom. The van der Waals surface area contributed by atoms with Gasteiger partial charge in [0.05, 0.1) is 17.9 Å². The van der Waals surface area contributed by atoms with E-state index in [0.29, 0.717) is 17.9 Å². The third kappa shape index (κ3) is 4.26. The number of benzene rings is 1. The van der Waals surface area contributed by atoms with Gasteiger partial charge in [-0.15, -0.1) is 0 Å². The Labute approximate surface area is 148 Å². The maximum absolute atomic E-state index is 12.4.